The van der Waals surface area contributed by atoms with Gasteiger partial charge in [0.2, 0.25) is 0 Å². The van der Waals surface area contributed by atoms with Gasteiger partial charge in [0.05, 0.1) is 6.10 Å². The predicted octanol–water partition coefficient (Wildman–Crippen LogP) is 2.02. The van der Waals surface area contributed by atoms with Crippen molar-refractivity contribution in [3.05, 3.63) is 0 Å². The number of nitrogens with zero attached hydrogens (tertiary/aromatic N) is 1. The second-order valence-electron chi connectivity index (χ2n) is 5.68. The van der Waals surface area contributed by atoms with E-state index in [1.165, 1.54) is 19.3 Å². The molecular weight excluding hydrogens is 174 g/mol. The van der Waals surface area contributed by atoms with Crippen molar-refractivity contribution in [2.45, 2.75) is 70.7 Å². The molecule has 1 saturated carbocycles. The molecule has 2 aliphatic heterocycles. The number of aliphatic hydroxyl groups is 1. The van der Waals surface area contributed by atoms with Crippen LogP contribution in [0.1, 0.15) is 47.0 Å². The summed E-state index contributed by atoms with van der Waals surface area (Å²) >= 11 is 0. The lowest BCUT2D eigenvalue weighted by Gasteiger charge is -2.67. The largest absolute Gasteiger partial charge is 0.391 e. The molecule has 0 spiro atoms. The highest BCUT2D eigenvalue weighted by molar-refractivity contribution is 5.14. The predicted molar refractivity (Wildman–Crippen MR) is 58.2 cm³/mol. The van der Waals surface area contributed by atoms with Gasteiger partial charge in [-0.05, 0) is 46.0 Å². The molecule has 3 fully saturated rings. The summed E-state index contributed by atoms with van der Waals surface area (Å²) in [5, 5.41) is 9.97. The third kappa shape index (κ3) is 1.24. The molecule has 14 heavy (non-hydrogen) atoms. The fourth-order valence-electron chi connectivity index (χ4n) is 3.89. The topological polar surface area (TPSA) is 23.5 Å². The maximum absolute atomic E-state index is 9.97. The average Bonchev–Trinajstić information content (AvgIpc) is 2.00. The van der Waals surface area contributed by atoms with Crippen LogP contribution in [0.2, 0.25) is 0 Å². The SMILES string of the molecule is CC1CC2CC(C(C)O)(C1)N2C(C)C. The standard InChI is InChI=1S/C12H23NO/c1-8(2)13-11-5-9(3)6-12(13,7-11)10(4)14/h8-11,14H,5-7H2,1-4H3. The lowest BCUT2D eigenvalue weighted by Crippen LogP contribution is -2.75. The summed E-state index contributed by atoms with van der Waals surface area (Å²) < 4.78 is 0. The molecule has 0 amide bonds. The Morgan fingerprint density at radius 1 is 1.29 bits per heavy atom. The van der Waals surface area contributed by atoms with Gasteiger partial charge in [0.25, 0.3) is 0 Å². The van der Waals surface area contributed by atoms with Crippen molar-refractivity contribution in [1.82, 2.24) is 4.90 Å². The molecule has 3 rings (SSSR count). The van der Waals surface area contributed by atoms with Crippen LogP contribution in [-0.2, 0) is 0 Å². The first-order valence-corrected chi connectivity index (χ1v) is 5.94. The number of rotatable bonds is 2. The molecule has 1 aliphatic carbocycles. The van der Waals surface area contributed by atoms with E-state index in [0.717, 1.165) is 12.0 Å². The van der Waals surface area contributed by atoms with E-state index in [9.17, 15) is 5.11 Å². The molecule has 2 saturated heterocycles. The van der Waals surface area contributed by atoms with Crippen LogP contribution >= 0.6 is 0 Å². The molecule has 2 nitrogen and oxygen atoms in total. The molecular formula is C12H23NO. The second-order valence-corrected chi connectivity index (χ2v) is 5.68. The Kier molecular flexibility index (Phi) is 2.39. The van der Waals surface area contributed by atoms with Crippen LogP contribution < -0.4 is 0 Å². The summed E-state index contributed by atoms with van der Waals surface area (Å²) in [6.45, 7) is 8.78. The number of fused-ring (bicyclic) bond motifs is 2. The van der Waals surface area contributed by atoms with E-state index in [2.05, 4.69) is 25.7 Å². The first-order valence-electron chi connectivity index (χ1n) is 5.94. The summed E-state index contributed by atoms with van der Waals surface area (Å²) in [6.07, 6.45) is 3.54. The minimum Gasteiger partial charge on any atom is -0.391 e. The van der Waals surface area contributed by atoms with Crippen LogP contribution in [0.4, 0.5) is 0 Å². The zero-order valence-corrected chi connectivity index (χ0v) is 9.83. The number of aliphatic hydroxyl groups excluding tert-OH is 1. The molecule has 82 valence electrons. The van der Waals surface area contributed by atoms with Crippen molar-refractivity contribution < 1.29 is 5.11 Å². The van der Waals surface area contributed by atoms with E-state index in [1.54, 1.807) is 0 Å². The first kappa shape index (κ1) is 10.4. The third-order valence-corrected chi connectivity index (χ3v) is 4.21. The van der Waals surface area contributed by atoms with Crippen molar-refractivity contribution in [1.29, 1.82) is 0 Å². The summed E-state index contributed by atoms with van der Waals surface area (Å²) in [7, 11) is 0. The summed E-state index contributed by atoms with van der Waals surface area (Å²) in [6, 6.07) is 1.32. The van der Waals surface area contributed by atoms with Crippen molar-refractivity contribution in [3.8, 4) is 0 Å². The van der Waals surface area contributed by atoms with Crippen LogP contribution in [0.25, 0.3) is 0 Å². The van der Waals surface area contributed by atoms with E-state index in [0.29, 0.717) is 6.04 Å². The smallest absolute Gasteiger partial charge is 0.0696 e. The lowest BCUT2D eigenvalue weighted by atomic mass is 9.61. The highest BCUT2D eigenvalue weighted by Gasteiger charge is 2.58. The average molecular weight is 197 g/mol. The molecule has 2 heterocycles. The molecule has 4 atom stereocenters. The van der Waals surface area contributed by atoms with E-state index in [4.69, 9.17) is 0 Å². The molecule has 0 radical (unpaired) electrons. The minimum atomic E-state index is -0.177. The minimum absolute atomic E-state index is 0.122. The van der Waals surface area contributed by atoms with E-state index < -0.39 is 0 Å². The van der Waals surface area contributed by atoms with Crippen LogP contribution in [0, 0.1) is 5.92 Å². The van der Waals surface area contributed by atoms with Crippen LogP contribution in [0.5, 0.6) is 0 Å². The normalized spacial score (nSPS) is 45.0. The fourth-order valence-corrected chi connectivity index (χ4v) is 3.89. The molecule has 2 bridgehead atoms. The highest BCUT2D eigenvalue weighted by atomic mass is 16.3. The van der Waals surface area contributed by atoms with Crippen LogP contribution in [-0.4, -0.2) is 33.7 Å². The number of hydrogen-bond donors (Lipinski definition) is 1. The highest BCUT2D eigenvalue weighted by Crippen LogP contribution is 2.52. The van der Waals surface area contributed by atoms with Crippen molar-refractivity contribution in [3.63, 3.8) is 0 Å². The molecule has 0 aromatic heterocycles. The monoisotopic (exact) mass is 197 g/mol. The maximum atomic E-state index is 9.97. The first-order chi connectivity index (χ1) is 6.47. The van der Waals surface area contributed by atoms with Gasteiger partial charge in [0.1, 0.15) is 0 Å². The van der Waals surface area contributed by atoms with Crippen LogP contribution in [0.15, 0.2) is 0 Å². The maximum Gasteiger partial charge on any atom is 0.0696 e. The van der Waals surface area contributed by atoms with Gasteiger partial charge >= 0.3 is 0 Å². The second kappa shape index (κ2) is 3.21. The number of hydrogen-bond acceptors (Lipinski definition) is 2. The molecule has 3 aliphatic rings. The van der Waals surface area contributed by atoms with E-state index >= 15 is 0 Å². The van der Waals surface area contributed by atoms with Crippen molar-refractivity contribution >= 4 is 0 Å². The van der Waals surface area contributed by atoms with E-state index in [-0.39, 0.29) is 11.6 Å². The van der Waals surface area contributed by atoms with Gasteiger partial charge in [-0.1, -0.05) is 6.92 Å². The zero-order valence-electron chi connectivity index (χ0n) is 9.83. The zero-order chi connectivity index (χ0) is 10.5. The fraction of sp³-hybridized carbons (Fsp3) is 1.00. The van der Waals surface area contributed by atoms with Crippen molar-refractivity contribution in [2.24, 2.45) is 5.92 Å². The van der Waals surface area contributed by atoms with Gasteiger partial charge in [-0.3, -0.25) is 4.90 Å². The Morgan fingerprint density at radius 3 is 2.43 bits per heavy atom. The Labute approximate surface area is 87.3 Å². The van der Waals surface area contributed by atoms with Gasteiger partial charge in [0, 0.05) is 17.6 Å². The summed E-state index contributed by atoms with van der Waals surface area (Å²) in [5.41, 5.74) is 0.122. The quantitative estimate of drug-likeness (QED) is 0.732. The van der Waals surface area contributed by atoms with Gasteiger partial charge in [0.15, 0.2) is 0 Å². The third-order valence-electron chi connectivity index (χ3n) is 4.21. The number of piperidine rings is 1. The Bertz CT molecular complexity index is 226. The molecule has 0 aromatic rings. The molecule has 4 unspecified atom stereocenters. The van der Waals surface area contributed by atoms with Gasteiger partial charge < -0.3 is 5.11 Å². The van der Waals surface area contributed by atoms with Crippen molar-refractivity contribution in [2.75, 3.05) is 0 Å². The van der Waals surface area contributed by atoms with Gasteiger partial charge in [-0.25, -0.2) is 0 Å². The Hall–Kier alpha value is -0.0800. The molecule has 1 N–H and O–H groups in total. The Balaban J connectivity index is 2.20. The molecule has 0 aromatic carbocycles. The van der Waals surface area contributed by atoms with Gasteiger partial charge in [-0.15, -0.1) is 0 Å². The summed E-state index contributed by atoms with van der Waals surface area (Å²) in [4.78, 5) is 2.55. The summed E-state index contributed by atoms with van der Waals surface area (Å²) in [5.74, 6) is 0.790. The molecule has 2 heteroatoms. The lowest BCUT2D eigenvalue weighted by molar-refractivity contribution is -0.193. The van der Waals surface area contributed by atoms with Gasteiger partial charge in [-0.2, -0.15) is 0 Å². The van der Waals surface area contributed by atoms with Crippen LogP contribution in [0.3, 0.4) is 0 Å². The Morgan fingerprint density at radius 2 is 1.93 bits per heavy atom. The van der Waals surface area contributed by atoms with E-state index in [1.807, 2.05) is 6.92 Å².